The molecule has 3 rings (SSSR count). The maximum absolute atomic E-state index is 6.23. The van der Waals surface area contributed by atoms with Gasteiger partial charge in [0.05, 0.1) is 6.61 Å². The lowest BCUT2D eigenvalue weighted by atomic mass is 10.2. The van der Waals surface area contributed by atoms with Gasteiger partial charge in [-0.05, 0) is 23.8 Å². The van der Waals surface area contributed by atoms with E-state index in [1.54, 1.807) is 12.4 Å². The molecule has 1 aromatic carbocycles. The number of halogens is 2. The average Bonchev–Trinajstić information content (AvgIpc) is 2.89. The van der Waals surface area contributed by atoms with E-state index in [0.717, 1.165) is 36.0 Å². The average molecular weight is 327 g/mol. The predicted molar refractivity (Wildman–Crippen MR) is 81.4 cm³/mol. The van der Waals surface area contributed by atoms with Crippen LogP contribution in [0.15, 0.2) is 24.5 Å². The summed E-state index contributed by atoms with van der Waals surface area (Å²) < 4.78 is 7.69. The molecule has 2 aromatic rings. The highest BCUT2D eigenvalue weighted by Crippen LogP contribution is 2.25. The Morgan fingerprint density at radius 1 is 1.38 bits per heavy atom. The van der Waals surface area contributed by atoms with Gasteiger partial charge >= 0.3 is 0 Å². The van der Waals surface area contributed by atoms with Crippen LogP contribution in [-0.4, -0.2) is 39.4 Å². The van der Waals surface area contributed by atoms with Crippen molar-refractivity contribution in [3.8, 4) is 0 Å². The standard InChI is InChI=1S/C14H16Cl2N4O/c1-19-9-17-18-14(19)13-8-20(4-5-21-13)7-10-6-11(15)2-3-12(10)16/h2-3,6,9,13H,4-5,7-8H2,1H3/t13-/m0/s1. The molecule has 0 spiro atoms. The van der Waals surface area contributed by atoms with Crippen molar-refractivity contribution in [2.45, 2.75) is 12.6 Å². The third kappa shape index (κ3) is 3.37. The van der Waals surface area contributed by atoms with Crippen molar-refractivity contribution >= 4 is 23.2 Å². The normalized spacial score (nSPS) is 19.9. The summed E-state index contributed by atoms with van der Waals surface area (Å²) in [7, 11) is 1.92. The van der Waals surface area contributed by atoms with Crippen LogP contribution in [0.1, 0.15) is 17.5 Å². The number of aromatic nitrogens is 3. The van der Waals surface area contributed by atoms with Gasteiger partial charge in [0.25, 0.3) is 0 Å². The van der Waals surface area contributed by atoms with Crippen molar-refractivity contribution in [2.75, 3.05) is 19.7 Å². The van der Waals surface area contributed by atoms with Gasteiger partial charge in [-0.25, -0.2) is 0 Å². The van der Waals surface area contributed by atoms with E-state index in [9.17, 15) is 0 Å². The SMILES string of the molecule is Cn1cnnc1[C@@H]1CN(Cc2cc(Cl)ccc2Cl)CCO1. The summed E-state index contributed by atoms with van der Waals surface area (Å²) >= 11 is 12.3. The van der Waals surface area contributed by atoms with E-state index in [1.165, 1.54) is 0 Å². The molecule has 1 saturated heterocycles. The molecule has 5 nitrogen and oxygen atoms in total. The van der Waals surface area contributed by atoms with E-state index >= 15 is 0 Å². The fraction of sp³-hybridized carbons (Fsp3) is 0.429. The number of hydrogen-bond donors (Lipinski definition) is 0. The minimum atomic E-state index is -0.0655. The van der Waals surface area contributed by atoms with E-state index in [2.05, 4.69) is 15.1 Å². The second-order valence-corrected chi connectivity index (χ2v) is 5.97. The molecule has 0 saturated carbocycles. The Balaban J connectivity index is 1.72. The van der Waals surface area contributed by atoms with Crippen LogP contribution in [0.25, 0.3) is 0 Å². The molecule has 0 bridgehead atoms. The Labute approximate surface area is 133 Å². The maximum atomic E-state index is 6.23. The zero-order valence-corrected chi connectivity index (χ0v) is 13.2. The molecule has 1 aliphatic rings. The second kappa shape index (κ2) is 6.32. The summed E-state index contributed by atoms with van der Waals surface area (Å²) in [6.45, 7) is 3.03. The molecular formula is C14H16Cl2N4O. The van der Waals surface area contributed by atoms with Crippen LogP contribution in [0.5, 0.6) is 0 Å². The monoisotopic (exact) mass is 326 g/mol. The third-order valence-electron chi connectivity index (χ3n) is 3.59. The van der Waals surface area contributed by atoms with Crippen LogP contribution in [0, 0.1) is 0 Å². The molecule has 0 N–H and O–H groups in total. The first-order chi connectivity index (χ1) is 10.1. The molecule has 7 heteroatoms. The van der Waals surface area contributed by atoms with E-state index < -0.39 is 0 Å². The Hall–Kier alpha value is -1.14. The Morgan fingerprint density at radius 2 is 2.24 bits per heavy atom. The van der Waals surface area contributed by atoms with Gasteiger partial charge < -0.3 is 9.30 Å². The highest BCUT2D eigenvalue weighted by molar-refractivity contribution is 6.33. The van der Waals surface area contributed by atoms with Crippen molar-refractivity contribution in [1.82, 2.24) is 19.7 Å². The highest BCUT2D eigenvalue weighted by Gasteiger charge is 2.25. The van der Waals surface area contributed by atoms with Crippen LogP contribution in [-0.2, 0) is 18.3 Å². The van der Waals surface area contributed by atoms with Crippen LogP contribution in [0.4, 0.5) is 0 Å². The van der Waals surface area contributed by atoms with Crippen LogP contribution in [0.2, 0.25) is 10.0 Å². The number of hydrogen-bond acceptors (Lipinski definition) is 4. The van der Waals surface area contributed by atoms with Crippen molar-refractivity contribution in [2.24, 2.45) is 7.05 Å². The maximum Gasteiger partial charge on any atom is 0.163 e. The van der Waals surface area contributed by atoms with Crippen molar-refractivity contribution in [3.05, 3.63) is 46.0 Å². The topological polar surface area (TPSA) is 43.2 Å². The molecule has 1 fully saturated rings. The Kier molecular flexibility index (Phi) is 4.45. The summed E-state index contributed by atoms with van der Waals surface area (Å²) in [6.07, 6.45) is 1.62. The first kappa shape index (κ1) is 14.8. The number of ether oxygens (including phenoxy) is 1. The molecule has 1 aromatic heterocycles. The van der Waals surface area contributed by atoms with Crippen molar-refractivity contribution in [1.29, 1.82) is 0 Å². The van der Waals surface area contributed by atoms with Crippen molar-refractivity contribution < 1.29 is 4.74 Å². The Bertz CT molecular complexity index is 631. The second-order valence-electron chi connectivity index (χ2n) is 5.13. The van der Waals surface area contributed by atoms with Gasteiger partial charge in [0.15, 0.2) is 5.82 Å². The first-order valence-corrected chi connectivity index (χ1v) is 7.51. The molecule has 0 radical (unpaired) electrons. The smallest absolute Gasteiger partial charge is 0.163 e. The zero-order valence-electron chi connectivity index (χ0n) is 11.7. The molecule has 112 valence electrons. The minimum absolute atomic E-state index is 0.0655. The minimum Gasteiger partial charge on any atom is -0.368 e. The van der Waals surface area contributed by atoms with E-state index in [0.29, 0.717) is 11.6 Å². The number of aryl methyl sites for hydroxylation is 1. The summed E-state index contributed by atoms with van der Waals surface area (Å²) in [6, 6.07) is 5.55. The van der Waals surface area contributed by atoms with Crippen molar-refractivity contribution in [3.63, 3.8) is 0 Å². The molecule has 1 aliphatic heterocycles. The fourth-order valence-electron chi connectivity index (χ4n) is 2.49. The summed E-state index contributed by atoms with van der Waals surface area (Å²) in [5, 5.41) is 9.47. The molecule has 21 heavy (non-hydrogen) atoms. The first-order valence-electron chi connectivity index (χ1n) is 6.75. The lowest BCUT2D eigenvalue weighted by Gasteiger charge is -2.32. The van der Waals surface area contributed by atoms with Gasteiger partial charge in [-0.2, -0.15) is 0 Å². The number of rotatable bonds is 3. The largest absolute Gasteiger partial charge is 0.368 e. The van der Waals surface area contributed by atoms with Crippen LogP contribution in [0.3, 0.4) is 0 Å². The third-order valence-corrected chi connectivity index (χ3v) is 4.19. The molecule has 0 amide bonds. The highest BCUT2D eigenvalue weighted by atomic mass is 35.5. The molecule has 1 atom stereocenters. The van der Waals surface area contributed by atoms with E-state index in [-0.39, 0.29) is 6.10 Å². The van der Waals surface area contributed by atoms with E-state index in [4.69, 9.17) is 27.9 Å². The Morgan fingerprint density at radius 3 is 3.00 bits per heavy atom. The van der Waals surface area contributed by atoms with Gasteiger partial charge in [-0.3, -0.25) is 4.90 Å². The lowest BCUT2D eigenvalue weighted by Crippen LogP contribution is -2.38. The number of morpholine rings is 1. The molecular weight excluding hydrogens is 311 g/mol. The molecule has 2 heterocycles. The fourth-order valence-corrected chi connectivity index (χ4v) is 2.86. The van der Waals surface area contributed by atoms with Crippen LogP contribution < -0.4 is 0 Å². The van der Waals surface area contributed by atoms with Gasteiger partial charge in [0, 0.05) is 36.7 Å². The summed E-state index contributed by atoms with van der Waals surface area (Å²) in [5.74, 6) is 0.844. The van der Waals surface area contributed by atoms with Crippen LogP contribution >= 0.6 is 23.2 Å². The summed E-state index contributed by atoms with van der Waals surface area (Å²) in [5.41, 5.74) is 1.03. The zero-order chi connectivity index (χ0) is 14.8. The van der Waals surface area contributed by atoms with E-state index in [1.807, 2.05) is 23.7 Å². The summed E-state index contributed by atoms with van der Waals surface area (Å²) in [4.78, 5) is 2.29. The molecule has 0 unspecified atom stereocenters. The quantitative estimate of drug-likeness (QED) is 0.869. The predicted octanol–water partition coefficient (Wildman–Crippen LogP) is 2.70. The lowest BCUT2D eigenvalue weighted by molar-refractivity contribution is -0.0385. The molecule has 0 aliphatic carbocycles. The van der Waals surface area contributed by atoms with Gasteiger partial charge in [-0.15, -0.1) is 10.2 Å². The van der Waals surface area contributed by atoms with Gasteiger partial charge in [0.2, 0.25) is 0 Å². The van der Waals surface area contributed by atoms with Gasteiger partial charge in [0.1, 0.15) is 12.4 Å². The van der Waals surface area contributed by atoms with Gasteiger partial charge in [-0.1, -0.05) is 23.2 Å². The number of benzene rings is 1. The number of nitrogens with zero attached hydrogens (tertiary/aromatic N) is 4.